The number of halogens is 8. The number of hydrogen-bond acceptors (Lipinski definition) is 1. The summed E-state index contributed by atoms with van der Waals surface area (Å²) < 4.78 is 72.5. The third-order valence-corrected chi connectivity index (χ3v) is 1.29. The van der Waals surface area contributed by atoms with Crippen LogP contribution in [0, 0.1) is 0 Å². The molecule has 74 valence electrons. The van der Waals surface area contributed by atoms with Gasteiger partial charge in [0.15, 0.2) is 0 Å². The molecule has 0 radical (unpaired) electrons. The summed E-state index contributed by atoms with van der Waals surface area (Å²) in [5.41, 5.74) is 0. The topological polar surface area (TPSA) is 9.23 Å². The molecular formula is C3Cl2F6O. The van der Waals surface area contributed by atoms with E-state index in [4.69, 9.17) is 0 Å². The molecule has 0 aliphatic rings. The van der Waals surface area contributed by atoms with Crippen LogP contribution in [-0.2, 0) is 4.29 Å². The van der Waals surface area contributed by atoms with E-state index in [2.05, 4.69) is 27.8 Å². The quantitative estimate of drug-likeness (QED) is 0.529. The van der Waals surface area contributed by atoms with Crippen LogP contribution in [0.15, 0.2) is 0 Å². The molecule has 0 aliphatic heterocycles. The van der Waals surface area contributed by atoms with Gasteiger partial charge in [0.05, 0.1) is 11.9 Å². The highest BCUT2D eigenvalue weighted by Gasteiger charge is 2.73. The summed E-state index contributed by atoms with van der Waals surface area (Å²) in [6.07, 6.45) is -6.01. The average Bonchev–Trinajstić information content (AvgIpc) is 1.81. The van der Waals surface area contributed by atoms with Gasteiger partial charge in [0, 0.05) is 0 Å². The van der Waals surface area contributed by atoms with Crippen molar-refractivity contribution in [3.05, 3.63) is 0 Å². The smallest absolute Gasteiger partial charge is 0.222 e. The van der Waals surface area contributed by atoms with E-state index in [0.717, 1.165) is 0 Å². The molecule has 0 aromatic heterocycles. The van der Waals surface area contributed by atoms with Gasteiger partial charge in [-0.25, -0.2) is 4.29 Å². The molecule has 0 amide bonds. The Hall–Kier alpha value is 0.120. The van der Waals surface area contributed by atoms with Gasteiger partial charge in [0.2, 0.25) is 0 Å². The van der Waals surface area contributed by atoms with Crippen LogP contribution in [0.3, 0.4) is 0 Å². The van der Waals surface area contributed by atoms with Crippen LogP contribution in [0.2, 0.25) is 0 Å². The number of alkyl halides is 7. The molecule has 0 aliphatic carbocycles. The van der Waals surface area contributed by atoms with Crippen molar-refractivity contribution in [2.45, 2.75) is 17.4 Å². The van der Waals surface area contributed by atoms with Gasteiger partial charge >= 0.3 is 17.4 Å². The molecule has 0 saturated heterocycles. The second-order valence-electron chi connectivity index (χ2n) is 1.67. The predicted molar refractivity (Wildman–Crippen MR) is 27.6 cm³/mol. The van der Waals surface area contributed by atoms with Gasteiger partial charge in [0.25, 0.3) is 0 Å². The molecule has 0 spiro atoms. The molecule has 0 rings (SSSR count). The Morgan fingerprint density at radius 1 is 0.917 bits per heavy atom. The highest BCUT2D eigenvalue weighted by molar-refractivity contribution is 6.22. The first-order valence-electron chi connectivity index (χ1n) is 2.18. The zero-order valence-electron chi connectivity index (χ0n) is 4.93. The Kier molecular flexibility index (Phi) is 3.15. The largest absolute Gasteiger partial charge is 0.457 e. The lowest BCUT2D eigenvalue weighted by Crippen LogP contribution is -2.53. The van der Waals surface area contributed by atoms with E-state index in [-0.39, 0.29) is 0 Å². The summed E-state index contributed by atoms with van der Waals surface area (Å²) in [6.45, 7) is 0. The Balaban J connectivity index is 4.95. The van der Waals surface area contributed by atoms with Gasteiger partial charge in [-0.15, -0.1) is 0 Å². The Morgan fingerprint density at radius 2 is 1.25 bits per heavy atom. The van der Waals surface area contributed by atoms with Crippen LogP contribution in [0.25, 0.3) is 0 Å². The second-order valence-corrected chi connectivity index (χ2v) is 2.30. The van der Waals surface area contributed by atoms with E-state index >= 15 is 0 Å². The maximum atomic E-state index is 12.2. The molecule has 0 bridgehead atoms. The van der Waals surface area contributed by atoms with Crippen molar-refractivity contribution in [3.8, 4) is 0 Å². The Morgan fingerprint density at radius 3 is 1.25 bits per heavy atom. The van der Waals surface area contributed by atoms with E-state index in [9.17, 15) is 26.3 Å². The van der Waals surface area contributed by atoms with E-state index in [1.54, 1.807) is 0 Å². The zero-order chi connectivity index (χ0) is 10.2. The lowest BCUT2D eigenvalue weighted by atomic mass is 10.3. The van der Waals surface area contributed by atoms with E-state index in [1.165, 1.54) is 0 Å². The summed E-state index contributed by atoms with van der Waals surface area (Å²) in [5.74, 6) is -5.39. The molecular weight excluding hydrogens is 237 g/mol. The monoisotopic (exact) mass is 236 g/mol. The minimum absolute atomic E-state index is 2.47. The van der Waals surface area contributed by atoms with Crippen molar-refractivity contribution in [2.75, 3.05) is 0 Å². The molecule has 0 N–H and O–H groups in total. The van der Waals surface area contributed by atoms with Crippen LogP contribution in [0.4, 0.5) is 26.3 Å². The summed E-state index contributed by atoms with van der Waals surface area (Å²) >= 11 is 7.71. The zero-order valence-corrected chi connectivity index (χ0v) is 6.44. The fourth-order valence-corrected chi connectivity index (χ4v) is 0.618. The molecule has 9 heteroatoms. The van der Waals surface area contributed by atoms with E-state index in [0.29, 0.717) is 0 Å². The molecule has 0 aromatic carbocycles. The minimum Gasteiger partial charge on any atom is -0.222 e. The molecule has 1 nitrogen and oxygen atoms in total. The van der Waals surface area contributed by atoms with Gasteiger partial charge in [0.1, 0.15) is 0 Å². The van der Waals surface area contributed by atoms with Gasteiger partial charge < -0.3 is 0 Å². The third kappa shape index (κ3) is 1.89. The van der Waals surface area contributed by atoms with Crippen molar-refractivity contribution in [2.24, 2.45) is 0 Å². The maximum absolute atomic E-state index is 12.2. The van der Waals surface area contributed by atoms with Gasteiger partial charge in [-0.05, 0) is 11.6 Å². The first kappa shape index (κ1) is 12.1. The summed E-state index contributed by atoms with van der Waals surface area (Å²) in [6, 6.07) is 0. The van der Waals surface area contributed by atoms with Crippen molar-refractivity contribution >= 4 is 23.5 Å². The molecule has 0 aromatic rings. The van der Waals surface area contributed by atoms with Crippen LogP contribution in [0.5, 0.6) is 0 Å². The molecule has 12 heavy (non-hydrogen) atoms. The standard InChI is InChI=1S/C3Cl2F6O/c4-2(7,8)1(6,12-5)3(9,10)11. The van der Waals surface area contributed by atoms with Crippen molar-refractivity contribution in [1.29, 1.82) is 0 Å². The van der Waals surface area contributed by atoms with Gasteiger partial charge in [-0.1, -0.05) is 0 Å². The fraction of sp³-hybridized carbons (Fsp3) is 1.00. The Bertz CT molecular complexity index is 147. The normalized spacial score (nSPS) is 19.0. The van der Waals surface area contributed by atoms with Crippen molar-refractivity contribution < 1.29 is 30.6 Å². The highest BCUT2D eigenvalue weighted by Crippen LogP contribution is 2.48. The SMILES string of the molecule is FC(F)(F)C(F)(OCl)C(F)(F)Cl. The fourth-order valence-electron chi connectivity index (χ4n) is 0.248. The van der Waals surface area contributed by atoms with Gasteiger partial charge in [-0.3, -0.25) is 0 Å². The third-order valence-electron chi connectivity index (χ3n) is 0.836. The molecule has 1 atom stereocenters. The average molecular weight is 237 g/mol. The molecule has 0 heterocycles. The highest BCUT2D eigenvalue weighted by atomic mass is 35.5. The van der Waals surface area contributed by atoms with E-state index in [1.807, 2.05) is 0 Å². The summed E-state index contributed by atoms with van der Waals surface area (Å²) in [7, 11) is 0. The predicted octanol–water partition coefficient (Wildman–Crippen LogP) is 3.22. The first-order valence-corrected chi connectivity index (χ1v) is 2.87. The molecule has 1 unspecified atom stereocenters. The number of hydrogen-bond donors (Lipinski definition) is 0. The summed E-state index contributed by atoms with van der Waals surface area (Å²) in [4.78, 5) is 0. The number of rotatable bonds is 2. The second kappa shape index (κ2) is 3.12. The lowest BCUT2D eigenvalue weighted by Gasteiger charge is -2.27. The summed E-state index contributed by atoms with van der Waals surface area (Å²) in [5, 5.41) is -5.28. The maximum Gasteiger partial charge on any atom is 0.457 e. The van der Waals surface area contributed by atoms with Crippen LogP contribution in [0.1, 0.15) is 0 Å². The first-order chi connectivity index (χ1) is 5.06. The van der Waals surface area contributed by atoms with Crippen molar-refractivity contribution in [3.63, 3.8) is 0 Å². The molecule has 0 fully saturated rings. The lowest BCUT2D eigenvalue weighted by molar-refractivity contribution is -0.351. The minimum atomic E-state index is -6.01. The van der Waals surface area contributed by atoms with Crippen LogP contribution >= 0.6 is 23.5 Å². The van der Waals surface area contributed by atoms with Crippen LogP contribution < -0.4 is 0 Å². The van der Waals surface area contributed by atoms with Crippen molar-refractivity contribution in [1.82, 2.24) is 0 Å². The van der Waals surface area contributed by atoms with Crippen LogP contribution in [-0.4, -0.2) is 17.4 Å². The van der Waals surface area contributed by atoms with E-state index < -0.39 is 17.4 Å². The van der Waals surface area contributed by atoms with Gasteiger partial charge in [-0.2, -0.15) is 26.3 Å². The molecule has 0 saturated carbocycles. The Labute approximate surface area is 72.4 Å².